The maximum atomic E-state index is 14.3. The van der Waals surface area contributed by atoms with Crippen LogP contribution in [0.25, 0.3) is 0 Å². The number of nitrogens with one attached hydrogen (secondary N) is 1. The second kappa shape index (κ2) is 9.45. The van der Waals surface area contributed by atoms with Gasteiger partial charge in [-0.25, -0.2) is 9.49 Å². The average Bonchev–Trinajstić information content (AvgIpc) is 3.20. The number of aromatic amines is 1. The van der Waals surface area contributed by atoms with E-state index in [1.807, 2.05) is 24.3 Å². The second-order valence-electron chi connectivity index (χ2n) is 7.68. The van der Waals surface area contributed by atoms with E-state index in [9.17, 15) is 4.39 Å². The number of nitrogens with zero attached hydrogens (tertiary/aromatic N) is 4. The molecule has 0 radical (unpaired) electrons. The fourth-order valence-corrected chi connectivity index (χ4v) is 4.12. The normalized spacial score (nSPS) is 15.1. The van der Waals surface area contributed by atoms with Crippen LogP contribution >= 0.6 is 11.6 Å². The molecule has 0 unspecified atom stereocenters. The number of halogens is 2. The number of nitrogens with two attached hydrogens (primary N) is 1. The molecule has 1 aromatic heterocycles. The summed E-state index contributed by atoms with van der Waals surface area (Å²) in [5, 5.41) is 7.60. The average molecular weight is 429 g/mol. The highest BCUT2D eigenvalue weighted by Crippen LogP contribution is 2.23. The van der Waals surface area contributed by atoms with Crippen LogP contribution in [0.3, 0.4) is 0 Å². The van der Waals surface area contributed by atoms with Gasteiger partial charge in [0, 0.05) is 42.8 Å². The zero-order valence-corrected chi connectivity index (χ0v) is 17.5. The van der Waals surface area contributed by atoms with Crippen LogP contribution in [0.15, 0.2) is 48.5 Å². The number of hydrogen-bond acceptors (Lipinski definition) is 5. The lowest BCUT2D eigenvalue weighted by molar-refractivity contribution is 0.160. The van der Waals surface area contributed by atoms with Gasteiger partial charge >= 0.3 is 0 Å². The van der Waals surface area contributed by atoms with Gasteiger partial charge in [0.1, 0.15) is 5.82 Å². The molecule has 1 aliphatic rings. The van der Waals surface area contributed by atoms with Crippen molar-refractivity contribution in [3.63, 3.8) is 0 Å². The fraction of sp³-hybridized carbons (Fsp3) is 0.364. The number of piperidine rings is 1. The molecule has 1 fully saturated rings. The van der Waals surface area contributed by atoms with Gasteiger partial charge in [-0.3, -0.25) is 4.90 Å². The molecule has 3 N–H and O–H groups in total. The number of aromatic nitrogens is 3. The van der Waals surface area contributed by atoms with Crippen molar-refractivity contribution in [2.24, 2.45) is 0 Å². The van der Waals surface area contributed by atoms with Crippen molar-refractivity contribution < 1.29 is 4.39 Å². The van der Waals surface area contributed by atoms with E-state index in [0.717, 1.165) is 49.5 Å². The summed E-state index contributed by atoms with van der Waals surface area (Å²) in [6, 6.07) is 15.3. The van der Waals surface area contributed by atoms with Crippen molar-refractivity contribution in [3.05, 3.63) is 70.5 Å². The van der Waals surface area contributed by atoms with E-state index in [2.05, 4.69) is 37.1 Å². The van der Waals surface area contributed by atoms with Crippen LogP contribution in [0.4, 0.5) is 16.3 Å². The van der Waals surface area contributed by atoms with Crippen LogP contribution in [0, 0.1) is 5.82 Å². The van der Waals surface area contributed by atoms with E-state index in [1.54, 1.807) is 6.07 Å². The van der Waals surface area contributed by atoms with Crippen molar-refractivity contribution in [1.29, 1.82) is 0 Å². The van der Waals surface area contributed by atoms with Crippen molar-refractivity contribution in [1.82, 2.24) is 20.1 Å². The number of benzene rings is 2. The molecular weight excluding hydrogens is 403 g/mol. The SMILES string of the molecule is Nc1nc(N2CCC(N(CCc3ccc(Cl)cc3)Cc3ccccc3F)CC2)n[nH]1. The van der Waals surface area contributed by atoms with Gasteiger partial charge in [0.2, 0.25) is 11.9 Å². The van der Waals surface area contributed by atoms with E-state index in [-0.39, 0.29) is 5.82 Å². The predicted molar refractivity (Wildman–Crippen MR) is 118 cm³/mol. The largest absolute Gasteiger partial charge is 0.368 e. The van der Waals surface area contributed by atoms with Crippen molar-refractivity contribution >= 4 is 23.5 Å². The van der Waals surface area contributed by atoms with Gasteiger partial charge in [0.25, 0.3) is 0 Å². The molecule has 2 aromatic carbocycles. The number of H-pyrrole nitrogens is 1. The third-order valence-electron chi connectivity index (χ3n) is 5.69. The van der Waals surface area contributed by atoms with Gasteiger partial charge in [0.05, 0.1) is 0 Å². The Morgan fingerprint density at radius 1 is 1.13 bits per heavy atom. The molecule has 0 spiro atoms. The summed E-state index contributed by atoms with van der Waals surface area (Å²) in [6.45, 7) is 3.14. The van der Waals surface area contributed by atoms with Gasteiger partial charge in [-0.15, -0.1) is 5.10 Å². The molecule has 0 saturated carbocycles. The Labute approximate surface area is 180 Å². The number of hydrogen-bond donors (Lipinski definition) is 2. The summed E-state index contributed by atoms with van der Waals surface area (Å²) < 4.78 is 14.3. The molecule has 1 saturated heterocycles. The Morgan fingerprint density at radius 2 is 1.87 bits per heavy atom. The fourth-order valence-electron chi connectivity index (χ4n) is 4.00. The van der Waals surface area contributed by atoms with Crippen LogP contribution in [-0.2, 0) is 13.0 Å². The van der Waals surface area contributed by atoms with Gasteiger partial charge in [-0.05, 0) is 43.0 Å². The summed E-state index contributed by atoms with van der Waals surface area (Å²) in [4.78, 5) is 8.77. The van der Waals surface area contributed by atoms with E-state index < -0.39 is 0 Å². The number of nitrogen functional groups attached to an aromatic ring is 1. The molecule has 4 rings (SSSR count). The third-order valence-corrected chi connectivity index (χ3v) is 5.94. The van der Waals surface area contributed by atoms with Crippen LogP contribution in [0.1, 0.15) is 24.0 Å². The monoisotopic (exact) mass is 428 g/mol. The Bertz CT molecular complexity index is 952. The molecule has 6 nitrogen and oxygen atoms in total. The lowest BCUT2D eigenvalue weighted by Crippen LogP contribution is -2.45. The molecule has 0 bridgehead atoms. The smallest absolute Gasteiger partial charge is 0.246 e. The Hall–Kier alpha value is -2.64. The highest BCUT2D eigenvalue weighted by molar-refractivity contribution is 6.30. The minimum atomic E-state index is -0.150. The van der Waals surface area contributed by atoms with Crippen molar-refractivity contribution in [3.8, 4) is 0 Å². The molecule has 1 aliphatic heterocycles. The summed E-state index contributed by atoms with van der Waals surface area (Å²) in [5.41, 5.74) is 7.62. The lowest BCUT2D eigenvalue weighted by atomic mass is 10.0. The summed E-state index contributed by atoms with van der Waals surface area (Å²) in [5.74, 6) is 0.826. The molecule has 0 aliphatic carbocycles. The third kappa shape index (κ3) is 5.09. The molecule has 8 heteroatoms. The van der Waals surface area contributed by atoms with Crippen LogP contribution < -0.4 is 10.6 Å². The zero-order valence-electron chi connectivity index (χ0n) is 16.8. The Kier molecular flexibility index (Phi) is 6.50. The zero-order chi connectivity index (χ0) is 20.9. The van der Waals surface area contributed by atoms with E-state index in [4.69, 9.17) is 17.3 Å². The van der Waals surface area contributed by atoms with E-state index >= 15 is 0 Å². The summed E-state index contributed by atoms with van der Waals surface area (Å²) >= 11 is 6.01. The predicted octanol–water partition coefficient (Wildman–Crippen LogP) is 3.89. The Balaban J connectivity index is 1.44. The van der Waals surface area contributed by atoms with Gasteiger partial charge in [-0.1, -0.05) is 41.9 Å². The van der Waals surface area contributed by atoms with Crippen LogP contribution in [0.5, 0.6) is 0 Å². The minimum Gasteiger partial charge on any atom is -0.368 e. The van der Waals surface area contributed by atoms with Crippen LogP contribution in [-0.4, -0.2) is 45.8 Å². The first-order chi connectivity index (χ1) is 14.6. The van der Waals surface area contributed by atoms with Gasteiger partial charge < -0.3 is 10.6 Å². The van der Waals surface area contributed by atoms with E-state index in [0.29, 0.717) is 24.5 Å². The molecule has 158 valence electrons. The highest BCUT2D eigenvalue weighted by atomic mass is 35.5. The molecule has 30 heavy (non-hydrogen) atoms. The first-order valence-corrected chi connectivity index (χ1v) is 10.6. The maximum absolute atomic E-state index is 14.3. The standard InChI is InChI=1S/C22H26ClFN6/c23-18-7-5-16(6-8-18)9-12-30(15-17-3-1-2-4-20(17)24)19-10-13-29(14-11-19)22-26-21(25)27-28-22/h1-8,19H,9-15H2,(H3,25,26,27,28). The van der Waals surface area contributed by atoms with Gasteiger partial charge in [-0.2, -0.15) is 4.98 Å². The maximum Gasteiger partial charge on any atom is 0.246 e. The van der Waals surface area contributed by atoms with Crippen LogP contribution in [0.2, 0.25) is 5.02 Å². The van der Waals surface area contributed by atoms with E-state index in [1.165, 1.54) is 11.6 Å². The van der Waals surface area contributed by atoms with Gasteiger partial charge in [0.15, 0.2) is 0 Å². The Morgan fingerprint density at radius 3 is 2.53 bits per heavy atom. The molecule has 0 atom stereocenters. The molecule has 3 aromatic rings. The topological polar surface area (TPSA) is 74.1 Å². The molecular formula is C22H26ClFN6. The minimum absolute atomic E-state index is 0.150. The first kappa shape index (κ1) is 20.6. The van der Waals surface area contributed by atoms with Crippen molar-refractivity contribution in [2.75, 3.05) is 30.3 Å². The summed E-state index contributed by atoms with van der Waals surface area (Å²) in [7, 11) is 0. The van der Waals surface area contributed by atoms with Crippen molar-refractivity contribution in [2.45, 2.75) is 31.8 Å². The molecule has 2 heterocycles. The lowest BCUT2D eigenvalue weighted by Gasteiger charge is -2.38. The molecule has 0 amide bonds. The highest BCUT2D eigenvalue weighted by Gasteiger charge is 2.26. The number of anilines is 2. The quantitative estimate of drug-likeness (QED) is 0.597. The first-order valence-electron chi connectivity index (χ1n) is 10.2. The number of rotatable bonds is 7. The second-order valence-corrected chi connectivity index (χ2v) is 8.11. The summed E-state index contributed by atoms with van der Waals surface area (Å²) in [6.07, 6.45) is 2.82.